The van der Waals surface area contributed by atoms with Gasteiger partial charge >= 0.3 is 5.97 Å². The highest BCUT2D eigenvalue weighted by Gasteiger charge is 2.60. The van der Waals surface area contributed by atoms with Crippen LogP contribution in [0.1, 0.15) is 78.7 Å². The van der Waals surface area contributed by atoms with E-state index in [4.69, 9.17) is 23.7 Å². The summed E-state index contributed by atoms with van der Waals surface area (Å²) in [5.74, 6) is -2.68. The van der Waals surface area contributed by atoms with Crippen LogP contribution in [0.5, 0.6) is 0 Å². The average Bonchev–Trinajstić information content (AvgIpc) is 3.47. The summed E-state index contributed by atoms with van der Waals surface area (Å²) in [4.78, 5) is 27.4. The fourth-order valence-corrected chi connectivity index (χ4v) is 9.17. The summed E-state index contributed by atoms with van der Waals surface area (Å²) in [7, 11) is -1.83. The predicted octanol–water partition coefficient (Wildman–Crippen LogP) is 5.77. The van der Waals surface area contributed by atoms with Crippen molar-refractivity contribution in [2.75, 3.05) is 30.8 Å². The van der Waals surface area contributed by atoms with Gasteiger partial charge in [0.25, 0.3) is 0 Å². The molecule has 2 bridgehead atoms. The predicted molar refractivity (Wildman–Crippen MR) is 205 cm³/mol. The summed E-state index contributed by atoms with van der Waals surface area (Å²) in [6.45, 7) is 10.5. The number of rotatable bonds is 7. The van der Waals surface area contributed by atoms with Gasteiger partial charge in [0.2, 0.25) is 10.0 Å². The van der Waals surface area contributed by atoms with Crippen molar-refractivity contribution in [1.82, 2.24) is 0 Å². The van der Waals surface area contributed by atoms with Crippen molar-refractivity contribution in [3.63, 3.8) is 0 Å². The molecule has 3 fully saturated rings. The molecule has 0 unspecified atom stereocenters. The molecule has 1 aromatic carbocycles. The van der Waals surface area contributed by atoms with Gasteiger partial charge in [-0.2, -0.15) is 0 Å². The number of nitrogens with zero attached hydrogens (tertiary/aromatic N) is 1. The first-order valence-corrected chi connectivity index (χ1v) is 21.2. The van der Waals surface area contributed by atoms with Crippen molar-refractivity contribution in [2.24, 2.45) is 17.8 Å². The molecule has 10 atom stereocenters. The van der Waals surface area contributed by atoms with Gasteiger partial charge in [0.05, 0.1) is 43.5 Å². The molecule has 0 saturated carbocycles. The normalized spacial score (nSPS) is 38.7. The number of aliphatic hydroxyl groups is 1. The van der Waals surface area contributed by atoms with Crippen LogP contribution in [0.2, 0.25) is 0 Å². The third-order valence-corrected chi connectivity index (χ3v) is 13.2. The molecule has 5 aliphatic rings. The van der Waals surface area contributed by atoms with Crippen LogP contribution in [0, 0.1) is 17.8 Å². The highest BCUT2D eigenvalue weighted by Crippen LogP contribution is 2.46. The van der Waals surface area contributed by atoms with Gasteiger partial charge in [-0.15, -0.1) is 0 Å². The number of Topliss-reactive ketones (excluding diaryl/α,β-unsaturated/α-hetero) is 1. The summed E-state index contributed by atoms with van der Waals surface area (Å²) in [5, 5.41) is 12.3. The average molecular weight is 768 g/mol. The number of esters is 1. The molecule has 296 valence electrons. The van der Waals surface area contributed by atoms with E-state index in [1.165, 1.54) is 23.7 Å². The smallest absolute Gasteiger partial charge is 0.316 e. The molecule has 12 heteroatoms. The Labute approximate surface area is 320 Å². The van der Waals surface area contributed by atoms with Crippen LogP contribution < -0.4 is 4.31 Å². The van der Waals surface area contributed by atoms with Crippen molar-refractivity contribution in [2.45, 2.75) is 121 Å². The largest absolute Gasteiger partial charge is 0.462 e. The van der Waals surface area contributed by atoms with Crippen molar-refractivity contribution in [3.8, 4) is 0 Å². The molecule has 4 aliphatic heterocycles. The number of hydrogen-bond donors (Lipinski definition) is 1. The van der Waals surface area contributed by atoms with Crippen LogP contribution >= 0.6 is 0 Å². The Kier molecular flexibility index (Phi) is 12.1. The summed E-state index contributed by atoms with van der Waals surface area (Å²) in [5.41, 5.74) is 1.55. The number of fused-ring (bicyclic) bond motifs is 2. The zero-order chi connectivity index (χ0) is 39.0. The topological polar surface area (TPSA) is 138 Å². The lowest BCUT2D eigenvalue weighted by Gasteiger charge is -2.49. The Hall–Kier alpha value is -3.13. The van der Waals surface area contributed by atoms with Gasteiger partial charge in [0.15, 0.2) is 17.7 Å². The molecule has 3 saturated heterocycles. The minimum absolute atomic E-state index is 0.00103. The number of benzene rings is 1. The van der Waals surface area contributed by atoms with Crippen LogP contribution in [0.15, 0.2) is 71.4 Å². The zero-order valence-corrected chi connectivity index (χ0v) is 33.5. The van der Waals surface area contributed by atoms with Gasteiger partial charge < -0.3 is 28.8 Å². The first-order valence-electron chi connectivity index (χ1n) is 19.4. The fraction of sp³-hybridized carbons (Fsp3) is 0.619. The minimum Gasteiger partial charge on any atom is -0.462 e. The highest BCUT2D eigenvalue weighted by molar-refractivity contribution is 7.92. The van der Waals surface area contributed by atoms with E-state index in [1.54, 1.807) is 25.1 Å². The number of carbonyl (C=O) groups excluding carboxylic acids is 2. The molecule has 1 spiro atoms. The third kappa shape index (κ3) is 8.34. The number of anilines is 1. The van der Waals surface area contributed by atoms with Crippen LogP contribution in [0.4, 0.5) is 5.69 Å². The lowest BCUT2D eigenvalue weighted by Crippen LogP contribution is -2.57. The lowest BCUT2D eigenvalue weighted by molar-refractivity contribution is -0.335. The van der Waals surface area contributed by atoms with Gasteiger partial charge in [-0.3, -0.25) is 13.9 Å². The zero-order valence-electron chi connectivity index (χ0n) is 32.7. The lowest BCUT2D eigenvalue weighted by atomic mass is 9.71. The Morgan fingerprint density at radius 2 is 1.81 bits per heavy atom. The Balaban J connectivity index is 1.30. The molecule has 0 radical (unpaired) electrons. The van der Waals surface area contributed by atoms with Gasteiger partial charge in [-0.25, -0.2) is 8.42 Å². The standard InChI is InChI=1S/C42H57NO10S/c1-8-36-26(2)18-20-41(53-36)24-34-23-33(52-41)17-12-28(4)38(49-21-19-30-13-15-32(16-14-30)43(6)54(7,47)48)27(3)10-9-11-31-25-50-39-37(44)29(5)22-35(40(45)51-34)42(31,39)46/h9-16,22,26-27,33-36,38-39,46H,8,17-21,23-25H2,1-7H3/b10-9+,28-12+,31-11+/t26-,27-,33+,34-,35-,36+,38+,39+,41+,42+/m0/s1. The summed E-state index contributed by atoms with van der Waals surface area (Å²) < 4.78 is 57.5. The SMILES string of the molecule is CC[C@H]1O[C@]2(CC[C@@H]1C)C[C@@H]1C[C@@H](C/C=C(\C)[C@H](OCCc3ccc(N(C)S(C)(=O)=O)cc3)[C@@H](C)/C=C/C=C3\CO[C@@H]4C(=O)C(C)=C[C@@H](C(=O)O1)[C@]34O)O2. The third-order valence-electron chi connectivity index (χ3n) is 12.0. The molecule has 4 heterocycles. The fourth-order valence-electron chi connectivity index (χ4n) is 8.67. The second-order valence-corrected chi connectivity index (χ2v) is 18.0. The van der Waals surface area contributed by atoms with E-state index in [9.17, 15) is 23.1 Å². The Morgan fingerprint density at radius 1 is 1.07 bits per heavy atom. The second-order valence-electron chi connectivity index (χ2n) is 16.0. The summed E-state index contributed by atoms with van der Waals surface area (Å²) >= 11 is 0. The molecule has 6 rings (SSSR count). The number of ketones is 1. The maximum Gasteiger partial charge on any atom is 0.316 e. The maximum absolute atomic E-state index is 14.1. The minimum atomic E-state index is -3.36. The number of sulfonamides is 1. The van der Waals surface area contributed by atoms with E-state index in [-0.39, 0.29) is 36.6 Å². The van der Waals surface area contributed by atoms with Crippen LogP contribution in [-0.4, -0.2) is 93.7 Å². The Bertz CT molecular complexity index is 1800. The van der Waals surface area contributed by atoms with Crippen LogP contribution in [-0.2, 0) is 49.7 Å². The van der Waals surface area contributed by atoms with Crippen molar-refractivity contribution < 1.29 is 46.8 Å². The Morgan fingerprint density at radius 3 is 2.52 bits per heavy atom. The van der Waals surface area contributed by atoms with Gasteiger partial charge in [0.1, 0.15) is 17.6 Å². The first-order chi connectivity index (χ1) is 25.5. The van der Waals surface area contributed by atoms with Crippen LogP contribution in [0.25, 0.3) is 0 Å². The molecule has 11 nitrogen and oxygen atoms in total. The van der Waals surface area contributed by atoms with E-state index >= 15 is 0 Å². The van der Waals surface area contributed by atoms with E-state index in [2.05, 4.69) is 33.8 Å². The number of allylic oxidation sites excluding steroid dienone is 2. The van der Waals surface area contributed by atoms with Crippen molar-refractivity contribution in [3.05, 3.63) is 76.9 Å². The van der Waals surface area contributed by atoms with Gasteiger partial charge in [-0.1, -0.05) is 63.3 Å². The number of ether oxygens (including phenoxy) is 5. The quantitative estimate of drug-likeness (QED) is 0.269. The molecule has 1 aliphatic carbocycles. The van der Waals surface area contributed by atoms with E-state index < -0.39 is 45.5 Å². The highest BCUT2D eigenvalue weighted by atomic mass is 32.2. The second kappa shape index (κ2) is 16.2. The van der Waals surface area contributed by atoms with Gasteiger partial charge in [0, 0.05) is 32.2 Å². The van der Waals surface area contributed by atoms with Crippen LogP contribution in [0.3, 0.4) is 0 Å². The number of hydrogen-bond acceptors (Lipinski definition) is 10. The van der Waals surface area contributed by atoms with E-state index in [0.717, 1.165) is 24.0 Å². The summed E-state index contributed by atoms with van der Waals surface area (Å²) in [6.07, 6.45) is 12.6. The van der Waals surface area contributed by atoms with Crippen molar-refractivity contribution in [1.29, 1.82) is 0 Å². The molecule has 54 heavy (non-hydrogen) atoms. The monoisotopic (exact) mass is 767 g/mol. The van der Waals surface area contributed by atoms with Gasteiger partial charge in [-0.05, 0) is 79.9 Å². The molecule has 1 aromatic rings. The summed E-state index contributed by atoms with van der Waals surface area (Å²) in [6, 6.07) is 7.41. The molecular weight excluding hydrogens is 711 g/mol. The van der Waals surface area contributed by atoms with E-state index in [1.807, 2.05) is 24.3 Å². The molecular formula is C42H57NO10S. The first kappa shape index (κ1) is 40.5. The maximum atomic E-state index is 14.1. The van der Waals surface area contributed by atoms with E-state index in [0.29, 0.717) is 61.5 Å². The molecule has 0 amide bonds. The number of carbonyl (C=O) groups is 2. The van der Waals surface area contributed by atoms with Crippen molar-refractivity contribution >= 4 is 27.5 Å². The molecule has 1 N–H and O–H groups in total. The molecule has 0 aromatic heterocycles.